The molecule has 0 atom stereocenters. The van der Waals surface area contributed by atoms with Crippen LogP contribution in [0.4, 0.5) is 0 Å². The quantitative estimate of drug-likeness (QED) is 0.835. The number of aromatic amines is 1. The third-order valence-corrected chi connectivity index (χ3v) is 3.36. The first-order valence-electron chi connectivity index (χ1n) is 6.73. The summed E-state index contributed by atoms with van der Waals surface area (Å²) in [6.45, 7) is 2.32. The Kier molecular flexibility index (Phi) is 4.40. The van der Waals surface area contributed by atoms with Crippen LogP contribution in [0.2, 0.25) is 0 Å². The Morgan fingerprint density at radius 1 is 1.30 bits per heavy atom. The number of hydrogen-bond acceptors (Lipinski definition) is 2. The normalized spacial score (nSPS) is 10.7. The highest BCUT2D eigenvalue weighted by molar-refractivity contribution is 5.86. The molecule has 0 bridgehead atoms. The molecule has 5 nitrogen and oxygen atoms in total. The Hall–Kier alpha value is -2.30. The summed E-state index contributed by atoms with van der Waals surface area (Å²) in [7, 11) is 0. The number of benzene rings is 1. The van der Waals surface area contributed by atoms with Crippen molar-refractivity contribution in [2.75, 3.05) is 13.1 Å². The number of nitrogens with zero attached hydrogens (tertiary/aromatic N) is 1. The van der Waals surface area contributed by atoms with E-state index in [0.717, 1.165) is 16.5 Å². The molecule has 3 N–H and O–H groups in total. The van der Waals surface area contributed by atoms with Gasteiger partial charge in [-0.2, -0.15) is 0 Å². The number of para-hydroxylation sites is 1. The maximum Gasteiger partial charge on any atom is 0.237 e. The molecular formula is C15H19N3O2. The molecule has 1 aromatic heterocycles. The van der Waals surface area contributed by atoms with Crippen molar-refractivity contribution in [2.45, 2.75) is 19.8 Å². The van der Waals surface area contributed by atoms with E-state index in [2.05, 4.69) is 4.98 Å². The van der Waals surface area contributed by atoms with Crippen molar-refractivity contribution < 1.29 is 9.59 Å². The Bertz CT molecular complexity index is 618. The number of rotatable bonds is 6. The number of aryl methyl sites for hydroxylation is 1. The first-order chi connectivity index (χ1) is 9.61. The largest absolute Gasteiger partial charge is 0.368 e. The maximum atomic E-state index is 12.0. The van der Waals surface area contributed by atoms with Gasteiger partial charge >= 0.3 is 0 Å². The average molecular weight is 273 g/mol. The van der Waals surface area contributed by atoms with E-state index in [9.17, 15) is 9.59 Å². The highest BCUT2D eigenvalue weighted by atomic mass is 16.2. The predicted molar refractivity (Wildman–Crippen MR) is 78.1 cm³/mol. The number of carbonyl (C=O) groups excluding carboxylic acids is 2. The minimum atomic E-state index is -0.479. The summed E-state index contributed by atoms with van der Waals surface area (Å²) in [6, 6.07) is 7.99. The summed E-state index contributed by atoms with van der Waals surface area (Å²) < 4.78 is 0. The number of hydrogen-bond donors (Lipinski definition) is 2. The maximum absolute atomic E-state index is 12.0. The lowest BCUT2D eigenvalue weighted by atomic mass is 10.1. The third kappa shape index (κ3) is 3.17. The minimum absolute atomic E-state index is 0.0107. The molecule has 106 valence electrons. The molecule has 0 fully saturated rings. The zero-order chi connectivity index (χ0) is 14.5. The van der Waals surface area contributed by atoms with Gasteiger partial charge in [-0.25, -0.2) is 0 Å². The van der Waals surface area contributed by atoms with Crippen LogP contribution in [-0.4, -0.2) is 34.8 Å². The molecule has 0 aliphatic rings. The predicted octanol–water partition coefficient (Wildman–Crippen LogP) is 1.43. The Labute approximate surface area is 117 Å². The van der Waals surface area contributed by atoms with Gasteiger partial charge in [0.15, 0.2) is 0 Å². The molecule has 0 spiro atoms. The van der Waals surface area contributed by atoms with E-state index in [1.807, 2.05) is 37.4 Å². The van der Waals surface area contributed by atoms with Crippen LogP contribution in [0.3, 0.4) is 0 Å². The van der Waals surface area contributed by atoms with E-state index in [0.29, 0.717) is 19.4 Å². The molecule has 2 amide bonds. The number of fused-ring (bicyclic) bond motifs is 1. The van der Waals surface area contributed by atoms with E-state index >= 15 is 0 Å². The average Bonchev–Trinajstić information content (AvgIpc) is 2.85. The van der Waals surface area contributed by atoms with Gasteiger partial charge < -0.3 is 15.6 Å². The van der Waals surface area contributed by atoms with E-state index in [1.165, 1.54) is 4.90 Å². The number of nitrogens with two attached hydrogens (primary N) is 1. The molecule has 1 heterocycles. The first-order valence-corrected chi connectivity index (χ1v) is 6.73. The van der Waals surface area contributed by atoms with Crippen molar-refractivity contribution in [2.24, 2.45) is 5.73 Å². The monoisotopic (exact) mass is 273 g/mol. The smallest absolute Gasteiger partial charge is 0.237 e. The minimum Gasteiger partial charge on any atom is -0.368 e. The highest BCUT2D eigenvalue weighted by Gasteiger charge is 2.14. The molecule has 0 aliphatic carbocycles. The highest BCUT2D eigenvalue weighted by Crippen LogP contribution is 2.19. The van der Waals surface area contributed by atoms with Crippen LogP contribution in [-0.2, 0) is 16.0 Å². The molecule has 2 rings (SSSR count). The van der Waals surface area contributed by atoms with Gasteiger partial charge in [0, 0.05) is 30.1 Å². The second kappa shape index (κ2) is 6.23. The van der Waals surface area contributed by atoms with Crippen molar-refractivity contribution >= 4 is 22.7 Å². The van der Waals surface area contributed by atoms with Crippen molar-refractivity contribution in [3.05, 3.63) is 36.0 Å². The number of H-pyrrole nitrogens is 1. The summed E-state index contributed by atoms with van der Waals surface area (Å²) in [5.41, 5.74) is 7.32. The lowest BCUT2D eigenvalue weighted by Crippen LogP contribution is -2.38. The van der Waals surface area contributed by atoms with Crippen LogP contribution in [0.15, 0.2) is 30.5 Å². The van der Waals surface area contributed by atoms with Gasteiger partial charge in [-0.05, 0) is 25.0 Å². The summed E-state index contributed by atoms with van der Waals surface area (Å²) in [5, 5.41) is 1.14. The molecule has 0 unspecified atom stereocenters. The summed E-state index contributed by atoms with van der Waals surface area (Å²) in [5.74, 6) is -0.524. The molecule has 0 saturated heterocycles. The molecule has 0 aliphatic heterocycles. The molecule has 20 heavy (non-hydrogen) atoms. The van der Waals surface area contributed by atoms with Gasteiger partial charge in [0.2, 0.25) is 11.8 Å². The van der Waals surface area contributed by atoms with Crippen LogP contribution in [0.25, 0.3) is 10.9 Å². The third-order valence-electron chi connectivity index (χ3n) is 3.36. The van der Waals surface area contributed by atoms with Crippen LogP contribution < -0.4 is 5.73 Å². The number of nitrogens with one attached hydrogen (secondary N) is 1. The Morgan fingerprint density at radius 2 is 2.05 bits per heavy atom. The Balaban J connectivity index is 2.01. The van der Waals surface area contributed by atoms with Crippen molar-refractivity contribution in [1.82, 2.24) is 9.88 Å². The lowest BCUT2D eigenvalue weighted by Gasteiger charge is -2.18. The molecule has 0 radical (unpaired) electrons. The topological polar surface area (TPSA) is 79.2 Å². The zero-order valence-corrected chi connectivity index (χ0v) is 11.6. The van der Waals surface area contributed by atoms with Crippen molar-refractivity contribution in [3.63, 3.8) is 0 Å². The van der Waals surface area contributed by atoms with Gasteiger partial charge in [0.05, 0.1) is 6.54 Å². The second-order valence-electron chi connectivity index (χ2n) is 4.73. The number of primary amides is 1. The van der Waals surface area contributed by atoms with E-state index < -0.39 is 5.91 Å². The summed E-state index contributed by atoms with van der Waals surface area (Å²) >= 11 is 0. The van der Waals surface area contributed by atoms with Crippen LogP contribution in [0.1, 0.15) is 18.9 Å². The van der Waals surface area contributed by atoms with Gasteiger partial charge in [-0.1, -0.05) is 18.2 Å². The molecule has 0 saturated carbocycles. The summed E-state index contributed by atoms with van der Waals surface area (Å²) in [4.78, 5) is 27.6. The van der Waals surface area contributed by atoms with E-state index in [1.54, 1.807) is 0 Å². The molecular weight excluding hydrogens is 254 g/mol. The molecule has 2 aromatic rings. The summed E-state index contributed by atoms with van der Waals surface area (Å²) in [6.07, 6.45) is 2.96. The molecule has 5 heteroatoms. The second-order valence-corrected chi connectivity index (χ2v) is 4.73. The number of likely N-dealkylation sites (N-methyl/N-ethyl adjacent to an activating group) is 1. The number of amides is 2. The van der Waals surface area contributed by atoms with Gasteiger partial charge in [0.25, 0.3) is 0 Å². The van der Waals surface area contributed by atoms with Crippen LogP contribution >= 0.6 is 0 Å². The van der Waals surface area contributed by atoms with Crippen LogP contribution in [0.5, 0.6) is 0 Å². The van der Waals surface area contributed by atoms with Crippen molar-refractivity contribution in [3.8, 4) is 0 Å². The van der Waals surface area contributed by atoms with E-state index in [-0.39, 0.29) is 12.5 Å². The number of carbonyl (C=O) groups is 2. The fourth-order valence-electron chi connectivity index (χ4n) is 2.30. The van der Waals surface area contributed by atoms with Gasteiger partial charge in [-0.15, -0.1) is 0 Å². The van der Waals surface area contributed by atoms with Gasteiger partial charge in [0.1, 0.15) is 0 Å². The number of aromatic nitrogens is 1. The fraction of sp³-hybridized carbons (Fsp3) is 0.333. The van der Waals surface area contributed by atoms with Crippen LogP contribution in [0, 0.1) is 0 Å². The van der Waals surface area contributed by atoms with Crippen molar-refractivity contribution in [1.29, 1.82) is 0 Å². The zero-order valence-electron chi connectivity index (χ0n) is 11.6. The Morgan fingerprint density at radius 3 is 2.75 bits per heavy atom. The lowest BCUT2D eigenvalue weighted by molar-refractivity contribution is -0.134. The first kappa shape index (κ1) is 14.1. The van der Waals surface area contributed by atoms with E-state index in [4.69, 9.17) is 5.73 Å². The molecule has 1 aromatic carbocycles. The standard InChI is InChI=1S/C15H19N3O2/c1-2-18(10-14(16)19)15(20)8-7-11-9-17-13-6-4-3-5-12(11)13/h3-6,9,17H,2,7-8,10H2,1H3,(H2,16,19). The van der Waals surface area contributed by atoms with Gasteiger partial charge in [-0.3, -0.25) is 9.59 Å². The fourth-order valence-corrected chi connectivity index (χ4v) is 2.30. The SMILES string of the molecule is CCN(CC(N)=O)C(=O)CCc1c[nH]c2ccccc12.